The van der Waals surface area contributed by atoms with Crippen molar-refractivity contribution in [3.63, 3.8) is 0 Å². The summed E-state index contributed by atoms with van der Waals surface area (Å²) < 4.78 is 5.75. The predicted octanol–water partition coefficient (Wildman–Crippen LogP) is 5.28. The third-order valence-corrected chi connectivity index (χ3v) is 6.89. The molecule has 0 saturated heterocycles. The molecule has 3 rings (SSSR count). The van der Waals surface area contributed by atoms with E-state index in [0.717, 1.165) is 16.1 Å². The van der Waals surface area contributed by atoms with Crippen molar-refractivity contribution < 1.29 is 19.1 Å². The maximum Gasteiger partial charge on any atom is 0.411 e. The van der Waals surface area contributed by atoms with E-state index in [1.807, 2.05) is 46.8 Å². The third kappa shape index (κ3) is 5.09. The van der Waals surface area contributed by atoms with Crippen molar-refractivity contribution in [1.82, 2.24) is 9.88 Å². The van der Waals surface area contributed by atoms with E-state index in [2.05, 4.69) is 10.3 Å². The molecule has 0 radical (unpaired) electrons. The zero-order chi connectivity index (χ0) is 25.4. The molecular weight excluding hydrogens is 452 g/mol. The smallest absolute Gasteiger partial charge is 0.411 e. The fourth-order valence-corrected chi connectivity index (χ4v) is 4.71. The van der Waals surface area contributed by atoms with Crippen LogP contribution in [0.25, 0.3) is 0 Å². The number of rotatable bonds is 5. The minimum absolute atomic E-state index is 0.293. The maximum absolute atomic E-state index is 13.3. The van der Waals surface area contributed by atoms with Crippen LogP contribution in [0.2, 0.25) is 0 Å². The van der Waals surface area contributed by atoms with E-state index in [-0.39, 0.29) is 17.9 Å². The van der Waals surface area contributed by atoms with Gasteiger partial charge >= 0.3 is 6.09 Å². The third-order valence-electron chi connectivity index (χ3n) is 5.97. The Hall–Kier alpha value is -2.94. The van der Waals surface area contributed by atoms with Gasteiger partial charge in [-0.1, -0.05) is 13.0 Å². The highest BCUT2D eigenvalue weighted by atomic mass is 32.1. The largest absolute Gasteiger partial charge is 0.444 e. The molecule has 1 aliphatic heterocycles. The SMILES string of the molecule is CCC(c1ccc2c(c1)N(C)C(=O)C(C)(C)C(=O)N2)N(Cc1scnc1C)C(=O)OC(C)(C)C. The van der Waals surface area contributed by atoms with Crippen molar-refractivity contribution >= 4 is 40.6 Å². The van der Waals surface area contributed by atoms with Crippen molar-refractivity contribution in [3.8, 4) is 0 Å². The molecule has 3 amide bonds. The van der Waals surface area contributed by atoms with Gasteiger partial charge in [0.1, 0.15) is 11.0 Å². The van der Waals surface area contributed by atoms with Gasteiger partial charge in [-0.25, -0.2) is 9.78 Å². The average Bonchev–Trinajstić information content (AvgIpc) is 3.13. The van der Waals surface area contributed by atoms with Gasteiger partial charge in [0.2, 0.25) is 11.8 Å². The molecule has 0 saturated carbocycles. The predicted molar refractivity (Wildman–Crippen MR) is 134 cm³/mol. The summed E-state index contributed by atoms with van der Waals surface area (Å²) in [5, 5.41) is 2.87. The summed E-state index contributed by atoms with van der Waals surface area (Å²) in [5.74, 6) is -0.642. The van der Waals surface area contributed by atoms with E-state index in [4.69, 9.17) is 4.74 Å². The molecule has 184 valence electrons. The van der Waals surface area contributed by atoms with Gasteiger partial charge < -0.3 is 15.0 Å². The Balaban J connectivity index is 2.05. The number of carbonyl (C=O) groups excluding carboxylic acids is 3. The zero-order valence-corrected chi connectivity index (χ0v) is 22.0. The highest BCUT2D eigenvalue weighted by molar-refractivity contribution is 7.09. The van der Waals surface area contributed by atoms with Crippen molar-refractivity contribution in [2.45, 2.75) is 73.1 Å². The number of thiazole rings is 1. The van der Waals surface area contributed by atoms with E-state index in [1.54, 1.807) is 37.4 Å². The average molecular weight is 487 g/mol. The normalized spacial score (nSPS) is 16.4. The van der Waals surface area contributed by atoms with Crippen LogP contribution in [0.1, 0.15) is 70.1 Å². The van der Waals surface area contributed by atoms with Crippen molar-refractivity contribution in [2.75, 3.05) is 17.3 Å². The van der Waals surface area contributed by atoms with Gasteiger partial charge in [-0.2, -0.15) is 0 Å². The number of aryl methyl sites for hydroxylation is 1. The van der Waals surface area contributed by atoms with Crippen LogP contribution in [0.5, 0.6) is 0 Å². The van der Waals surface area contributed by atoms with Gasteiger partial charge in [0.15, 0.2) is 0 Å². The van der Waals surface area contributed by atoms with Crippen molar-refractivity contribution in [3.05, 3.63) is 39.8 Å². The number of nitrogens with zero attached hydrogens (tertiary/aromatic N) is 3. The molecule has 9 heteroatoms. The topological polar surface area (TPSA) is 91.8 Å². The fraction of sp³-hybridized carbons (Fsp3) is 0.520. The van der Waals surface area contributed by atoms with Crippen LogP contribution >= 0.6 is 11.3 Å². The lowest BCUT2D eigenvalue weighted by molar-refractivity contribution is -0.136. The quantitative estimate of drug-likeness (QED) is 0.581. The summed E-state index contributed by atoms with van der Waals surface area (Å²) in [6.45, 7) is 13.1. The standard InChI is InChI=1S/C25H34N4O4S/c1-9-18(29(23(32)33-24(3,4)5)13-20-15(2)26-14-34-20)16-10-11-17-19(12-16)28(8)22(31)25(6,7)21(30)27-17/h10-12,14,18H,9,13H2,1-8H3,(H,27,30). The van der Waals surface area contributed by atoms with Gasteiger partial charge in [0.05, 0.1) is 35.2 Å². The van der Waals surface area contributed by atoms with Gasteiger partial charge in [0, 0.05) is 11.9 Å². The molecule has 0 bridgehead atoms. The Morgan fingerprint density at radius 3 is 2.53 bits per heavy atom. The van der Waals surface area contributed by atoms with E-state index >= 15 is 0 Å². The Morgan fingerprint density at radius 2 is 1.97 bits per heavy atom. The molecule has 8 nitrogen and oxygen atoms in total. The van der Waals surface area contributed by atoms with E-state index in [0.29, 0.717) is 24.3 Å². The Morgan fingerprint density at radius 1 is 1.29 bits per heavy atom. The fourth-order valence-electron chi connectivity index (χ4n) is 3.93. The molecule has 0 fully saturated rings. The minimum atomic E-state index is -1.19. The number of carbonyl (C=O) groups is 3. The van der Waals surface area contributed by atoms with E-state index in [9.17, 15) is 14.4 Å². The molecule has 1 aromatic carbocycles. The second-order valence-electron chi connectivity index (χ2n) is 10.1. The summed E-state index contributed by atoms with van der Waals surface area (Å²) in [7, 11) is 1.67. The Bertz CT molecular complexity index is 1100. The van der Waals surface area contributed by atoms with E-state index in [1.165, 1.54) is 16.2 Å². The van der Waals surface area contributed by atoms with Gasteiger partial charge in [-0.15, -0.1) is 11.3 Å². The van der Waals surface area contributed by atoms with Crippen LogP contribution in [-0.4, -0.2) is 40.4 Å². The summed E-state index contributed by atoms with van der Waals surface area (Å²) >= 11 is 1.50. The number of nitrogens with one attached hydrogen (secondary N) is 1. The van der Waals surface area contributed by atoms with Gasteiger partial charge in [-0.05, 0) is 65.7 Å². The number of fused-ring (bicyclic) bond motifs is 1. The summed E-state index contributed by atoms with van der Waals surface area (Å²) in [6, 6.07) is 5.25. The molecule has 2 heterocycles. The lowest BCUT2D eigenvalue weighted by atomic mass is 9.91. The highest BCUT2D eigenvalue weighted by Gasteiger charge is 2.42. The molecule has 2 aromatic rings. The number of hydrogen-bond donors (Lipinski definition) is 1. The second kappa shape index (κ2) is 9.37. The number of ether oxygens (including phenoxy) is 1. The molecule has 1 atom stereocenters. The summed E-state index contributed by atoms with van der Waals surface area (Å²) in [4.78, 5) is 47.5. The lowest BCUT2D eigenvalue weighted by Gasteiger charge is -2.34. The number of benzene rings is 1. The van der Waals surface area contributed by atoms with Crippen LogP contribution in [0.3, 0.4) is 0 Å². The Labute approximate surface area is 205 Å². The number of hydrogen-bond acceptors (Lipinski definition) is 6. The first-order valence-corrected chi connectivity index (χ1v) is 12.3. The molecule has 34 heavy (non-hydrogen) atoms. The molecule has 1 N–H and O–H groups in total. The van der Waals surface area contributed by atoms with Gasteiger partial charge in [0.25, 0.3) is 0 Å². The van der Waals surface area contributed by atoms with Crippen molar-refractivity contribution in [2.24, 2.45) is 5.41 Å². The van der Waals surface area contributed by atoms with Crippen LogP contribution in [0, 0.1) is 12.3 Å². The minimum Gasteiger partial charge on any atom is -0.444 e. The van der Waals surface area contributed by atoms with Crippen LogP contribution in [0.4, 0.5) is 16.2 Å². The molecular formula is C25H34N4O4S. The maximum atomic E-state index is 13.3. The van der Waals surface area contributed by atoms with Crippen molar-refractivity contribution in [1.29, 1.82) is 0 Å². The van der Waals surface area contributed by atoms with E-state index < -0.39 is 17.1 Å². The molecule has 0 spiro atoms. The first kappa shape index (κ1) is 25.7. The zero-order valence-electron chi connectivity index (χ0n) is 21.2. The Kier molecular flexibility index (Phi) is 7.07. The van der Waals surface area contributed by atoms with Crippen LogP contribution in [0.15, 0.2) is 23.7 Å². The molecule has 1 unspecified atom stereocenters. The van der Waals surface area contributed by atoms with Gasteiger partial charge in [-0.3, -0.25) is 14.5 Å². The molecule has 1 aromatic heterocycles. The number of amides is 3. The first-order chi connectivity index (χ1) is 15.8. The number of anilines is 2. The summed E-state index contributed by atoms with van der Waals surface area (Å²) in [5.41, 5.74) is 2.82. The monoisotopic (exact) mass is 486 g/mol. The van der Waals surface area contributed by atoms with Crippen LogP contribution in [-0.2, 0) is 20.9 Å². The highest BCUT2D eigenvalue weighted by Crippen LogP contribution is 2.38. The lowest BCUT2D eigenvalue weighted by Crippen LogP contribution is -2.43. The first-order valence-electron chi connectivity index (χ1n) is 11.4. The molecule has 1 aliphatic rings. The molecule has 0 aliphatic carbocycles. The second-order valence-corrected chi connectivity index (χ2v) is 11.1. The number of aromatic nitrogens is 1. The van der Waals surface area contributed by atoms with Crippen LogP contribution < -0.4 is 10.2 Å². The summed E-state index contributed by atoms with van der Waals surface area (Å²) in [6.07, 6.45) is 0.215.